The first-order valence-electron chi connectivity index (χ1n) is 9.45. The van der Waals surface area contributed by atoms with Crippen molar-refractivity contribution in [1.82, 2.24) is 5.32 Å². The third-order valence-corrected chi connectivity index (χ3v) is 6.63. The molecule has 0 aliphatic heterocycles. The van der Waals surface area contributed by atoms with Crippen molar-refractivity contribution in [2.45, 2.75) is 11.8 Å². The minimum atomic E-state index is -3.82. The highest BCUT2D eigenvalue weighted by atomic mass is 35.5. The largest absolute Gasteiger partial charge is 0.450 e. The Labute approximate surface area is 198 Å². The Kier molecular flexibility index (Phi) is 7.69. The van der Waals surface area contributed by atoms with Crippen LogP contribution < -0.4 is 15.4 Å². The Balaban J connectivity index is 1.67. The lowest BCUT2D eigenvalue weighted by molar-refractivity contribution is 0.0926. The lowest BCUT2D eigenvalue weighted by Crippen LogP contribution is -2.31. The number of imide groups is 1. The summed E-state index contributed by atoms with van der Waals surface area (Å²) in [4.78, 5) is 36.3. The van der Waals surface area contributed by atoms with E-state index in [9.17, 15) is 22.8 Å². The Hall–Kier alpha value is -3.41. The smallest absolute Gasteiger partial charge is 0.414 e. The number of anilines is 2. The van der Waals surface area contributed by atoms with Crippen LogP contribution >= 0.6 is 22.9 Å². The summed E-state index contributed by atoms with van der Waals surface area (Å²) in [7, 11) is -3.82. The van der Waals surface area contributed by atoms with Crippen molar-refractivity contribution in [3.05, 3.63) is 76.1 Å². The number of nitrogens with one attached hydrogen (secondary N) is 3. The number of amides is 3. The topological polar surface area (TPSA) is 131 Å². The second kappa shape index (κ2) is 10.5. The summed E-state index contributed by atoms with van der Waals surface area (Å²) in [6.45, 7) is 1.71. The second-order valence-corrected chi connectivity index (χ2v) is 9.46. The van der Waals surface area contributed by atoms with Gasteiger partial charge in [-0.15, -0.1) is 11.3 Å². The van der Waals surface area contributed by atoms with E-state index in [2.05, 4.69) is 20.1 Å². The number of rotatable bonds is 7. The van der Waals surface area contributed by atoms with Crippen LogP contribution in [0.2, 0.25) is 5.02 Å². The van der Waals surface area contributed by atoms with Gasteiger partial charge >= 0.3 is 6.09 Å². The molecule has 0 aliphatic rings. The number of carbonyl (C=O) groups excluding carboxylic acids is 3. The molecule has 0 fully saturated rings. The maximum atomic E-state index is 12.6. The molecule has 172 valence electrons. The standard InChI is InChI=1S/C21H18ClN3O6S2/c1-2-31-21(28)24-19(27)17-11-12-32-20(17)23-18(26)13-3-7-15(8-4-13)25-33(29,30)16-9-5-14(22)6-10-16/h3-12,25H,2H2,1H3,(H,23,26)(H,24,27,28). The monoisotopic (exact) mass is 507 g/mol. The van der Waals surface area contributed by atoms with E-state index in [1.165, 1.54) is 54.6 Å². The van der Waals surface area contributed by atoms with Gasteiger partial charge in [-0.1, -0.05) is 11.6 Å². The highest BCUT2D eigenvalue weighted by molar-refractivity contribution is 7.92. The van der Waals surface area contributed by atoms with E-state index in [1.54, 1.807) is 12.3 Å². The van der Waals surface area contributed by atoms with Crippen LogP contribution in [-0.2, 0) is 14.8 Å². The normalized spacial score (nSPS) is 10.8. The summed E-state index contributed by atoms with van der Waals surface area (Å²) in [6.07, 6.45) is -0.886. The van der Waals surface area contributed by atoms with Crippen molar-refractivity contribution in [3.63, 3.8) is 0 Å². The van der Waals surface area contributed by atoms with Crippen LogP contribution in [0.1, 0.15) is 27.6 Å². The van der Waals surface area contributed by atoms with E-state index >= 15 is 0 Å². The first-order chi connectivity index (χ1) is 15.7. The van der Waals surface area contributed by atoms with E-state index in [0.717, 1.165) is 11.3 Å². The molecule has 0 bridgehead atoms. The number of carbonyl (C=O) groups is 3. The maximum absolute atomic E-state index is 12.6. The maximum Gasteiger partial charge on any atom is 0.414 e. The summed E-state index contributed by atoms with van der Waals surface area (Å²) < 4.78 is 32.0. The second-order valence-electron chi connectivity index (χ2n) is 6.43. The Morgan fingerprint density at radius 3 is 2.27 bits per heavy atom. The van der Waals surface area contributed by atoms with Gasteiger partial charge in [-0.05, 0) is 66.9 Å². The lowest BCUT2D eigenvalue weighted by Gasteiger charge is -2.10. The molecule has 3 N–H and O–H groups in total. The van der Waals surface area contributed by atoms with Crippen LogP contribution in [0.5, 0.6) is 0 Å². The summed E-state index contributed by atoms with van der Waals surface area (Å²) in [5.41, 5.74) is 0.593. The van der Waals surface area contributed by atoms with E-state index in [0.29, 0.717) is 5.02 Å². The van der Waals surface area contributed by atoms with Gasteiger partial charge in [0.05, 0.1) is 17.1 Å². The van der Waals surface area contributed by atoms with Crippen LogP contribution in [0.25, 0.3) is 0 Å². The first-order valence-corrected chi connectivity index (χ1v) is 12.2. The number of benzene rings is 2. The van der Waals surface area contributed by atoms with E-state index in [-0.39, 0.29) is 33.3 Å². The van der Waals surface area contributed by atoms with E-state index in [1.807, 2.05) is 0 Å². The molecule has 0 aliphatic carbocycles. The van der Waals surface area contributed by atoms with E-state index in [4.69, 9.17) is 11.6 Å². The number of hydrogen-bond donors (Lipinski definition) is 3. The summed E-state index contributed by atoms with van der Waals surface area (Å²) in [5.74, 6) is -1.23. The lowest BCUT2D eigenvalue weighted by atomic mass is 10.2. The molecule has 33 heavy (non-hydrogen) atoms. The van der Waals surface area contributed by atoms with Crippen molar-refractivity contribution in [3.8, 4) is 0 Å². The third-order valence-electron chi connectivity index (χ3n) is 4.15. The van der Waals surface area contributed by atoms with Crippen LogP contribution in [0.4, 0.5) is 15.5 Å². The molecule has 9 nitrogen and oxygen atoms in total. The van der Waals surface area contributed by atoms with Crippen LogP contribution in [0, 0.1) is 0 Å². The highest BCUT2D eigenvalue weighted by Crippen LogP contribution is 2.24. The number of hydrogen-bond acceptors (Lipinski definition) is 7. The van der Waals surface area contributed by atoms with Gasteiger partial charge in [-0.3, -0.25) is 19.6 Å². The number of halogens is 1. The Morgan fingerprint density at radius 1 is 0.970 bits per heavy atom. The molecule has 2 aromatic carbocycles. The van der Waals surface area contributed by atoms with Gasteiger partial charge < -0.3 is 10.1 Å². The average molecular weight is 508 g/mol. The van der Waals surface area contributed by atoms with Crippen molar-refractivity contribution in [2.24, 2.45) is 0 Å². The molecule has 1 heterocycles. The molecule has 0 atom stereocenters. The number of sulfonamides is 1. The molecular formula is C21H18ClN3O6S2. The zero-order valence-electron chi connectivity index (χ0n) is 17.1. The van der Waals surface area contributed by atoms with Crippen molar-refractivity contribution in [2.75, 3.05) is 16.6 Å². The molecule has 0 saturated heterocycles. The fourth-order valence-electron chi connectivity index (χ4n) is 2.60. The van der Waals surface area contributed by atoms with Gasteiger partial charge in [0.25, 0.3) is 21.8 Å². The van der Waals surface area contributed by atoms with Gasteiger partial charge in [0, 0.05) is 16.3 Å². The van der Waals surface area contributed by atoms with Crippen molar-refractivity contribution >= 4 is 61.6 Å². The number of thiophene rings is 1. The fraction of sp³-hybridized carbons (Fsp3) is 0.0952. The first kappa shape index (κ1) is 24.2. The van der Waals surface area contributed by atoms with Crippen LogP contribution in [-0.4, -0.2) is 32.9 Å². The van der Waals surface area contributed by atoms with Crippen molar-refractivity contribution in [1.29, 1.82) is 0 Å². The van der Waals surface area contributed by atoms with Gasteiger partial charge in [0.1, 0.15) is 5.00 Å². The predicted molar refractivity (Wildman–Crippen MR) is 125 cm³/mol. The Morgan fingerprint density at radius 2 is 1.64 bits per heavy atom. The summed E-state index contributed by atoms with van der Waals surface area (Å²) in [5, 5.41) is 6.92. The molecular weight excluding hydrogens is 490 g/mol. The highest BCUT2D eigenvalue weighted by Gasteiger charge is 2.19. The van der Waals surface area contributed by atoms with Gasteiger partial charge in [-0.25, -0.2) is 13.2 Å². The molecule has 0 spiro atoms. The van der Waals surface area contributed by atoms with Gasteiger partial charge in [-0.2, -0.15) is 0 Å². The fourth-order valence-corrected chi connectivity index (χ4v) is 4.57. The molecule has 0 unspecified atom stereocenters. The van der Waals surface area contributed by atoms with Gasteiger partial charge in [0.15, 0.2) is 0 Å². The predicted octanol–water partition coefficient (Wildman–Crippen LogP) is 4.34. The molecule has 12 heteroatoms. The number of ether oxygens (including phenoxy) is 1. The molecule has 3 amide bonds. The minimum absolute atomic E-state index is 0.0417. The summed E-state index contributed by atoms with van der Waals surface area (Å²) >= 11 is 6.89. The molecule has 0 saturated carbocycles. The molecule has 1 aromatic heterocycles. The Bertz CT molecular complexity index is 1270. The third kappa shape index (κ3) is 6.31. The van der Waals surface area contributed by atoms with E-state index < -0.39 is 27.9 Å². The zero-order chi connectivity index (χ0) is 24.0. The summed E-state index contributed by atoms with van der Waals surface area (Å²) in [6, 6.07) is 12.9. The minimum Gasteiger partial charge on any atom is -0.450 e. The SMILES string of the molecule is CCOC(=O)NC(=O)c1ccsc1NC(=O)c1ccc(NS(=O)(=O)c2ccc(Cl)cc2)cc1. The molecule has 0 radical (unpaired) electrons. The molecule has 3 rings (SSSR count). The molecule has 3 aromatic rings. The van der Waals surface area contributed by atoms with Crippen molar-refractivity contribution < 1.29 is 27.5 Å². The quantitative estimate of drug-likeness (QED) is 0.436. The zero-order valence-corrected chi connectivity index (χ0v) is 19.5. The van der Waals surface area contributed by atoms with Crippen LogP contribution in [0.15, 0.2) is 64.9 Å². The average Bonchev–Trinajstić information content (AvgIpc) is 3.22. The number of alkyl carbamates (subject to hydrolysis) is 1. The van der Waals surface area contributed by atoms with Gasteiger partial charge in [0.2, 0.25) is 0 Å². The van der Waals surface area contributed by atoms with Crippen LogP contribution in [0.3, 0.4) is 0 Å².